The molecule has 1 aliphatic heterocycles. The summed E-state index contributed by atoms with van der Waals surface area (Å²) < 4.78 is 22.0. The minimum Gasteiger partial charge on any atom is -0.475 e. The number of ether oxygens (including phenoxy) is 4. The van der Waals surface area contributed by atoms with Crippen molar-refractivity contribution in [3.05, 3.63) is 34.2 Å². The molecule has 0 fully saturated rings. The van der Waals surface area contributed by atoms with Gasteiger partial charge in [-0.3, -0.25) is 0 Å². The molecule has 0 amide bonds. The Labute approximate surface area is 157 Å². The summed E-state index contributed by atoms with van der Waals surface area (Å²) in [5, 5.41) is 22.0. The maximum atomic E-state index is 11.4. The van der Waals surface area contributed by atoms with Crippen LogP contribution in [0.2, 0.25) is 0 Å². The highest BCUT2D eigenvalue weighted by molar-refractivity contribution is 7.08. The highest BCUT2D eigenvalue weighted by atomic mass is 32.1. The van der Waals surface area contributed by atoms with Gasteiger partial charge < -0.3 is 29.2 Å². The molecule has 0 radical (unpaired) electrons. The molecule has 0 aliphatic carbocycles. The molecule has 2 heterocycles. The van der Waals surface area contributed by atoms with E-state index in [1.165, 1.54) is 0 Å². The molecule has 0 spiro atoms. The summed E-state index contributed by atoms with van der Waals surface area (Å²) in [6.45, 7) is 3.93. The Bertz CT molecular complexity index is 558. The third-order valence-electron chi connectivity index (χ3n) is 4.06. The van der Waals surface area contributed by atoms with Crippen LogP contribution in [0.5, 0.6) is 0 Å². The van der Waals surface area contributed by atoms with Crippen molar-refractivity contribution < 1.29 is 34.0 Å². The van der Waals surface area contributed by atoms with Crippen LogP contribution in [-0.4, -0.2) is 62.1 Å². The van der Waals surface area contributed by atoms with Crippen LogP contribution in [-0.2, 0) is 23.7 Å². The lowest BCUT2D eigenvalue weighted by Gasteiger charge is -2.36. The van der Waals surface area contributed by atoms with Crippen LogP contribution in [0.15, 0.2) is 28.7 Å². The van der Waals surface area contributed by atoms with E-state index in [-0.39, 0.29) is 24.2 Å². The summed E-state index contributed by atoms with van der Waals surface area (Å²) in [4.78, 5) is 11.4. The van der Waals surface area contributed by atoms with E-state index < -0.39 is 12.3 Å². The second kappa shape index (κ2) is 11.3. The third-order valence-corrected chi connectivity index (χ3v) is 4.76. The number of hydrogen-bond acceptors (Lipinski definition) is 7. The largest absolute Gasteiger partial charge is 0.475 e. The predicted octanol–water partition coefficient (Wildman–Crippen LogP) is 2.22. The summed E-state index contributed by atoms with van der Waals surface area (Å²) in [6, 6.07) is 2.00. The lowest BCUT2D eigenvalue weighted by atomic mass is 9.82. The van der Waals surface area contributed by atoms with Crippen LogP contribution in [0.25, 0.3) is 0 Å². The van der Waals surface area contributed by atoms with Crippen molar-refractivity contribution >= 4 is 17.3 Å². The lowest BCUT2D eigenvalue weighted by Crippen LogP contribution is -2.37. The summed E-state index contributed by atoms with van der Waals surface area (Å²) in [5.74, 6) is -1.32. The highest BCUT2D eigenvalue weighted by Gasteiger charge is 2.38. The molecule has 0 aromatic carbocycles. The summed E-state index contributed by atoms with van der Waals surface area (Å²) in [7, 11) is 0. The van der Waals surface area contributed by atoms with E-state index in [0.717, 1.165) is 5.56 Å². The normalized spacial score (nSPS) is 22.7. The lowest BCUT2D eigenvalue weighted by molar-refractivity contribution is -0.174. The Kier molecular flexibility index (Phi) is 9.07. The van der Waals surface area contributed by atoms with Crippen LogP contribution < -0.4 is 0 Å². The SMILES string of the molecule is CCOC1OC(C(=O)O)=CC(c2ccsc2)C1CCOCCOCCO. The van der Waals surface area contributed by atoms with Crippen molar-refractivity contribution in [1.29, 1.82) is 0 Å². The summed E-state index contributed by atoms with van der Waals surface area (Å²) in [6.07, 6.45) is 1.69. The fourth-order valence-corrected chi connectivity index (χ4v) is 3.59. The highest BCUT2D eigenvalue weighted by Crippen LogP contribution is 2.39. The monoisotopic (exact) mass is 386 g/mol. The van der Waals surface area contributed by atoms with E-state index in [1.54, 1.807) is 17.4 Å². The van der Waals surface area contributed by atoms with Gasteiger partial charge in [0, 0.05) is 25.0 Å². The van der Waals surface area contributed by atoms with Crippen LogP contribution in [0.4, 0.5) is 0 Å². The van der Waals surface area contributed by atoms with Gasteiger partial charge in [0.05, 0.1) is 26.4 Å². The molecule has 0 saturated carbocycles. The molecule has 3 atom stereocenters. The molecular formula is C18H26O7S. The minimum absolute atomic E-state index is 0.00395. The van der Waals surface area contributed by atoms with Crippen molar-refractivity contribution in [3.8, 4) is 0 Å². The van der Waals surface area contributed by atoms with E-state index in [0.29, 0.717) is 39.5 Å². The number of allylic oxidation sites excluding steroid dienone is 1. The van der Waals surface area contributed by atoms with Crippen LogP contribution in [0, 0.1) is 5.92 Å². The van der Waals surface area contributed by atoms with Gasteiger partial charge in [0.1, 0.15) is 0 Å². The van der Waals surface area contributed by atoms with Crippen molar-refractivity contribution in [2.75, 3.05) is 39.6 Å². The molecular weight excluding hydrogens is 360 g/mol. The van der Waals surface area contributed by atoms with Crippen LogP contribution >= 0.6 is 11.3 Å². The fraction of sp³-hybridized carbons (Fsp3) is 0.611. The molecule has 1 aromatic heterocycles. The van der Waals surface area contributed by atoms with Gasteiger partial charge in [0.15, 0.2) is 0 Å². The van der Waals surface area contributed by atoms with Gasteiger partial charge in [0.2, 0.25) is 12.0 Å². The topological polar surface area (TPSA) is 94.5 Å². The Morgan fingerprint density at radius 3 is 2.65 bits per heavy atom. The quantitative estimate of drug-likeness (QED) is 0.532. The van der Waals surface area contributed by atoms with Crippen molar-refractivity contribution in [2.24, 2.45) is 5.92 Å². The average Bonchev–Trinajstić information content (AvgIpc) is 3.16. The number of thiophene rings is 1. The summed E-state index contributed by atoms with van der Waals surface area (Å²) >= 11 is 1.57. The van der Waals surface area contributed by atoms with Gasteiger partial charge in [-0.25, -0.2) is 4.79 Å². The van der Waals surface area contributed by atoms with E-state index in [2.05, 4.69) is 0 Å². The molecule has 1 aromatic rings. The zero-order valence-electron chi connectivity index (χ0n) is 14.8. The third kappa shape index (κ3) is 6.07. The molecule has 7 nitrogen and oxygen atoms in total. The second-order valence-electron chi connectivity index (χ2n) is 5.76. The molecule has 0 bridgehead atoms. The first-order valence-corrected chi connectivity index (χ1v) is 9.63. The first-order chi connectivity index (χ1) is 12.7. The molecule has 0 saturated heterocycles. The molecule has 2 rings (SSSR count). The molecule has 1 aliphatic rings. The predicted molar refractivity (Wildman–Crippen MR) is 96.1 cm³/mol. The zero-order chi connectivity index (χ0) is 18.8. The van der Waals surface area contributed by atoms with Gasteiger partial charge in [0.25, 0.3) is 0 Å². The van der Waals surface area contributed by atoms with E-state index in [4.69, 9.17) is 24.1 Å². The zero-order valence-corrected chi connectivity index (χ0v) is 15.7. The number of hydrogen-bond donors (Lipinski definition) is 2. The molecule has 3 unspecified atom stereocenters. The Balaban J connectivity index is 2.01. The standard InChI is InChI=1S/C18H26O7S/c1-2-24-18-14(3-6-22-8-9-23-7-5-19)15(13-4-10-26-12-13)11-16(25-18)17(20)21/h4,10-12,14-15,18-19H,2-3,5-9H2,1H3,(H,20,21). The van der Waals surface area contributed by atoms with Gasteiger partial charge in [-0.15, -0.1) is 0 Å². The molecule has 26 heavy (non-hydrogen) atoms. The summed E-state index contributed by atoms with van der Waals surface area (Å²) in [5.41, 5.74) is 1.05. The number of carboxylic acid groups (broad SMARTS) is 1. The number of carbonyl (C=O) groups is 1. The molecule has 146 valence electrons. The Hall–Kier alpha value is -1.45. The van der Waals surface area contributed by atoms with E-state index in [9.17, 15) is 9.90 Å². The van der Waals surface area contributed by atoms with Crippen LogP contribution in [0.3, 0.4) is 0 Å². The first kappa shape index (κ1) is 20.9. The molecule has 8 heteroatoms. The van der Waals surface area contributed by atoms with Crippen molar-refractivity contribution in [3.63, 3.8) is 0 Å². The van der Waals surface area contributed by atoms with Crippen molar-refractivity contribution in [1.82, 2.24) is 0 Å². The fourth-order valence-electron chi connectivity index (χ4n) is 2.88. The molecule has 2 N–H and O–H groups in total. The minimum atomic E-state index is -1.09. The van der Waals surface area contributed by atoms with Crippen molar-refractivity contribution in [2.45, 2.75) is 25.6 Å². The van der Waals surface area contributed by atoms with Gasteiger partial charge in [-0.1, -0.05) is 0 Å². The maximum Gasteiger partial charge on any atom is 0.370 e. The van der Waals surface area contributed by atoms with Gasteiger partial charge in [-0.05, 0) is 41.8 Å². The number of aliphatic hydroxyl groups is 1. The Morgan fingerprint density at radius 2 is 2.04 bits per heavy atom. The average molecular weight is 386 g/mol. The van der Waals surface area contributed by atoms with E-state index >= 15 is 0 Å². The first-order valence-electron chi connectivity index (χ1n) is 8.69. The van der Waals surface area contributed by atoms with Gasteiger partial charge >= 0.3 is 5.97 Å². The maximum absolute atomic E-state index is 11.4. The van der Waals surface area contributed by atoms with Gasteiger partial charge in [-0.2, -0.15) is 11.3 Å². The number of carboxylic acids is 1. The number of rotatable bonds is 12. The smallest absolute Gasteiger partial charge is 0.370 e. The van der Waals surface area contributed by atoms with E-state index in [1.807, 2.05) is 23.8 Å². The Morgan fingerprint density at radius 1 is 1.27 bits per heavy atom. The number of aliphatic carboxylic acids is 1. The number of aliphatic hydroxyl groups excluding tert-OH is 1. The van der Waals surface area contributed by atoms with Crippen LogP contribution in [0.1, 0.15) is 24.8 Å². The second-order valence-corrected chi connectivity index (χ2v) is 6.54.